The summed E-state index contributed by atoms with van der Waals surface area (Å²) in [6, 6.07) is 13.1. The highest BCUT2D eigenvalue weighted by Crippen LogP contribution is 2.20. The topological polar surface area (TPSA) is 75.6 Å². The van der Waals surface area contributed by atoms with Gasteiger partial charge >= 0.3 is 5.97 Å². The van der Waals surface area contributed by atoms with Crippen LogP contribution in [0.25, 0.3) is 0 Å². The number of carbonyl (C=O) groups excluding carboxylic acids is 1. The Morgan fingerprint density at radius 3 is 2.23 bits per heavy atom. The Kier molecular flexibility index (Phi) is 6.78. The number of ether oxygens (including phenoxy) is 1. The van der Waals surface area contributed by atoms with Gasteiger partial charge in [-0.05, 0) is 57.0 Å². The average molecular weight is 355 g/mol. The van der Waals surface area contributed by atoms with Gasteiger partial charge in [0.25, 0.3) is 0 Å². The molecule has 0 saturated carbocycles. The lowest BCUT2D eigenvalue weighted by Gasteiger charge is -2.16. The summed E-state index contributed by atoms with van der Waals surface area (Å²) in [5.74, 6) is -1.19. The fourth-order valence-corrected chi connectivity index (χ4v) is 2.99. The number of amides is 1. The van der Waals surface area contributed by atoms with E-state index in [2.05, 4.69) is 11.4 Å². The Balaban J connectivity index is 2.11. The third-order valence-electron chi connectivity index (χ3n) is 3.99. The highest BCUT2D eigenvalue weighted by molar-refractivity contribution is 5.94. The molecule has 2 rings (SSSR count). The van der Waals surface area contributed by atoms with Crippen LogP contribution in [0.3, 0.4) is 0 Å². The van der Waals surface area contributed by atoms with E-state index >= 15 is 0 Å². The second-order valence-electron chi connectivity index (χ2n) is 6.44. The molecule has 0 aliphatic heterocycles. The Morgan fingerprint density at radius 1 is 1.08 bits per heavy atom. The van der Waals surface area contributed by atoms with Gasteiger partial charge in [0.1, 0.15) is 5.75 Å². The van der Waals surface area contributed by atoms with Crippen LogP contribution in [-0.2, 0) is 16.0 Å². The minimum absolute atomic E-state index is 0.212. The van der Waals surface area contributed by atoms with Crippen LogP contribution in [0.2, 0.25) is 0 Å². The van der Waals surface area contributed by atoms with Gasteiger partial charge in [-0.3, -0.25) is 9.59 Å². The monoisotopic (exact) mass is 355 g/mol. The van der Waals surface area contributed by atoms with Gasteiger partial charge in [0.05, 0.1) is 18.9 Å². The predicted molar refractivity (Wildman–Crippen MR) is 102 cm³/mol. The second kappa shape index (κ2) is 9.04. The Morgan fingerprint density at radius 2 is 1.69 bits per heavy atom. The highest BCUT2D eigenvalue weighted by atomic mass is 16.5. The summed E-state index contributed by atoms with van der Waals surface area (Å²) in [5.41, 5.74) is 3.78. The lowest BCUT2D eigenvalue weighted by molar-refractivity contribution is -0.140. The number of carbonyl (C=O) groups is 2. The van der Waals surface area contributed by atoms with Crippen molar-refractivity contribution in [2.24, 2.45) is 5.92 Å². The van der Waals surface area contributed by atoms with Crippen molar-refractivity contribution in [3.63, 3.8) is 0 Å². The van der Waals surface area contributed by atoms with Crippen LogP contribution in [0.1, 0.15) is 30.0 Å². The molecule has 1 atom stereocenters. The highest BCUT2D eigenvalue weighted by Gasteiger charge is 2.22. The lowest BCUT2D eigenvalue weighted by atomic mass is 9.93. The molecule has 5 nitrogen and oxygen atoms in total. The number of carboxylic acid groups (broad SMARTS) is 1. The van der Waals surface area contributed by atoms with Crippen molar-refractivity contribution in [2.45, 2.75) is 33.6 Å². The van der Waals surface area contributed by atoms with E-state index in [0.29, 0.717) is 18.7 Å². The number of anilines is 1. The number of rotatable bonds is 8. The van der Waals surface area contributed by atoms with Crippen LogP contribution in [0.15, 0.2) is 42.5 Å². The van der Waals surface area contributed by atoms with Gasteiger partial charge in [0.15, 0.2) is 0 Å². The van der Waals surface area contributed by atoms with Gasteiger partial charge in [-0.25, -0.2) is 0 Å². The quantitative estimate of drug-likeness (QED) is 0.751. The zero-order valence-electron chi connectivity index (χ0n) is 15.4. The number of nitrogens with one attached hydrogen (secondary N) is 1. The molecule has 2 N–H and O–H groups in total. The van der Waals surface area contributed by atoms with E-state index in [4.69, 9.17) is 4.74 Å². The second-order valence-corrected chi connectivity index (χ2v) is 6.44. The molecule has 0 aliphatic rings. The van der Waals surface area contributed by atoms with Crippen LogP contribution in [-0.4, -0.2) is 23.6 Å². The Hall–Kier alpha value is -2.82. The molecule has 26 heavy (non-hydrogen) atoms. The molecular weight excluding hydrogens is 330 g/mol. The zero-order valence-corrected chi connectivity index (χ0v) is 15.4. The van der Waals surface area contributed by atoms with E-state index in [9.17, 15) is 14.7 Å². The summed E-state index contributed by atoms with van der Waals surface area (Å²) in [6.07, 6.45) is 0.174. The van der Waals surface area contributed by atoms with Crippen molar-refractivity contribution >= 4 is 17.6 Å². The van der Waals surface area contributed by atoms with E-state index in [-0.39, 0.29) is 12.3 Å². The molecule has 1 unspecified atom stereocenters. The Bertz CT molecular complexity index is 748. The summed E-state index contributed by atoms with van der Waals surface area (Å²) >= 11 is 0. The van der Waals surface area contributed by atoms with Crippen molar-refractivity contribution in [2.75, 3.05) is 11.9 Å². The van der Waals surface area contributed by atoms with Crippen LogP contribution in [0.5, 0.6) is 5.75 Å². The number of carboxylic acids is 1. The fourth-order valence-electron chi connectivity index (χ4n) is 2.99. The number of hydrogen-bond donors (Lipinski definition) is 2. The SMILES string of the molecule is CCOc1ccc(NC(=O)C(CC(=O)O)Cc2cc(C)cc(C)c2)cc1. The number of hydrogen-bond acceptors (Lipinski definition) is 3. The Labute approximate surface area is 154 Å². The molecule has 138 valence electrons. The van der Waals surface area contributed by atoms with Crippen molar-refractivity contribution in [3.05, 3.63) is 59.2 Å². The molecule has 0 fully saturated rings. The molecule has 1 amide bonds. The lowest BCUT2D eigenvalue weighted by Crippen LogP contribution is -2.27. The maximum Gasteiger partial charge on any atom is 0.304 e. The first-order valence-corrected chi connectivity index (χ1v) is 8.70. The fraction of sp³-hybridized carbons (Fsp3) is 0.333. The van der Waals surface area contributed by atoms with Gasteiger partial charge < -0.3 is 15.2 Å². The first kappa shape index (κ1) is 19.5. The molecule has 0 radical (unpaired) electrons. The molecule has 2 aromatic rings. The summed E-state index contributed by atoms with van der Waals surface area (Å²) in [4.78, 5) is 23.8. The molecule has 0 spiro atoms. The molecule has 2 aromatic carbocycles. The van der Waals surface area contributed by atoms with Crippen molar-refractivity contribution in [1.82, 2.24) is 0 Å². The van der Waals surface area contributed by atoms with Gasteiger partial charge in [0.2, 0.25) is 5.91 Å². The third kappa shape index (κ3) is 5.92. The molecule has 0 saturated heterocycles. The van der Waals surface area contributed by atoms with Gasteiger partial charge in [0, 0.05) is 5.69 Å². The van der Waals surface area contributed by atoms with E-state index in [1.807, 2.05) is 32.9 Å². The van der Waals surface area contributed by atoms with Crippen LogP contribution >= 0.6 is 0 Å². The van der Waals surface area contributed by atoms with Crippen LogP contribution in [0.4, 0.5) is 5.69 Å². The maximum absolute atomic E-state index is 12.6. The van der Waals surface area contributed by atoms with E-state index in [1.165, 1.54) is 0 Å². The average Bonchev–Trinajstić information content (AvgIpc) is 2.55. The number of benzene rings is 2. The van der Waals surface area contributed by atoms with E-state index in [0.717, 1.165) is 22.4 Å². The van der Waals surface area contributed by atoms with Gasteiger partial charge in [-0.15, -0.1) is 0 Å². The van der Waals surface area contributed by atoms with Gasteiger partial charge in [-0.1, -0.05) is 29.3 Å². The van der Waals surface area contributed by atoms with E-state index in [1.54, 1.807) is 24.3 Å². The summed E-state index contributed by atoms with van der Waals surface area (Å²) in [6.45, 7) is 6.45. The number of aliphatic carboxylic acids is 1. The summed E-state index contributed by atoms with van der Waals surface area (Å²) in [7, 11) is 0. The molecule has 0 bridgehead atoms. The van der Waals surface area contributed by atoms with E-state index < -0.39 is 11.9 Å². The summed E-state index contributed by atoms with van der Waals surface area (Å²) < 4.78 is 5.38. The minimum Gasteiger partial charge on any atom is -0.494 e. The standard InChI is InChI=1S/C21H25NO4/c1-4-26-19-7-5-18(6-8-19)22-21(25)17(13-20(23)24)12-16-10-14(2)9-15(3)11-16/h5-11,17H,4,12-13H2,1-3H3,(H,22,25)(H,23,24). The first-order chi connectivity index (χ1) is 12.4. The van der Waals surface area contributed by atoms with Crippen LogP contribution < -0.4 is 10.1 Å². The van der Waals surface area contributed by atoms with Gasteiger partial charge in [-0.2, -0.15) is 0 Å². The molecular formula is C21H25NO4. The van der Waals surface area contributed by atoms with Crippen molar-refractivity contribution < 1.29 is 19.4 Å². The predicted octanol–water partition coefficient (Wildman–Crippen LogP) is 3.97. The molecule has 0 heterocycles. The first-order valence-electron chi connectivity index (χ1n) is 8.70. The molecule has 0 aliphatic carbocycles. The van der Waals surface area contributed by atoms with Crippen molar-refractivity contribution in [1.29, 1.82) is 0 Å². The third-order valence-corrected chi connectivity index (χ3v) is 3.99. The molecule has 5 heteroatoms. The number of aryl methyl sites for hydroxylation is 2. The van der Waals surface area contributed by atoms with Crippen molar-refractivity contribution in [3.8, 4) is 5.75 Å². The smallest absolute Gasteiger partial charge is 0.304 e. The maximum atomic E-state index is 12.6. The largest absolute Gasteiger partial charge is 0.494 e. The van der Waals surface area contributed by atoms with Crippen LogP contribution in [0, 0.1) is 19.8 Å². The summed E-state index contributed by atoms with van der Waals surface area (Å²) in [5, 5.41) is 12.0. The minimum atomic E-state index is -0.985. The zero-order chi connectivity index (χ0) is 19.1. The molecule has 0 aromatic heterocycles. The normalized spacial score (nSPS) is 11.7.